The maximum Gasteiger partial charge on any atom is 0.229 e. The van der Waals surface area contributed by atoms with Crippen LogP contribution in [0.2, 0.25) is 0 Å². The first-order valence-electron chi connectivity index (χ1n) is 7.03. The van der Waals surface area contributed by atoms with Crippen molar-refractivity contribution in [2.24, 2.45) is 16.1 Å². The molecule has 5 nitrogen and oxygen atoms in total. The highest BCUT2D eigenvalue weighted by molar-refractivity contribution is 6.65. The number of amidine groups is 1. The van der Waals surface area contributed by atoms with E-state index in [4.69, 9.17) is 17.3 Å². The number of benzene rings is 1. The zero-order chi connectivity index (χ0) is 16.5. The Morgan fingerprint density at radius 2 is 2.09 bits per heavy atom. The Morgan fingerprint density at radius 3 is 2.73 bits per heavy atom. The second-order valence-corrected chi connectivity index (χ2v) is 6.78. The minimum Gasteiger partial charge on any atom is -0.337 e. The molecule has 1 aliphatic heterocycles. The van der Waals surface area contributed by atoms with E-state index in [1.165, 1.54) is 0 Å². The molecule has 0 spiro atoms. The van der Waals surface area contributed by atoms with Gasteiger partial charge in [0, 0.05) is 22.9 Å². The number of amides is 1. The van der Waals surface area contributed by atoms with E-state index in [-0.39, 0.29) is 11.2 Å². The summed E-state index contributed by atoms with van der Waals surface area (Å²) in [4.78, 5) is 16.4. The predicted molar refractivity (Wildman–Crippen MR) is 90.6 cm³/mol. The zero-order valence-corrected chi connectivity index (χ0v) is 14.0. The summed E-state index contributed by atoms with van der Waals surface area (Å²) in [7, 11) is 0. The maximum absolute atomic E-state index is 12.1. The van der Waals surface area contributed by atoms with Crippen molar-refractivity contribution in [3.63, 3.8) is 0 Å². The third-order valence-electron chi connectivity index (χ3n) is 3.53. The van der Waals surface area contributed by atoms with Gasteiger partial charge in [-0.15, -0.1) is 0 Å². The lowest BCUT2D eigenvalue weighted by Crippen LogP contribution is -2.41. The molecular weight excluding hydrogens is 300 g/mol. The van der Waals surface area contributed by atoms with E-state index in [0.717, 1.165) is 11.1 Å². The van der Waals surface area contributed by atoms with Gasteiger partial charge in [-0.3, -0.25) is 10.5 Å². The molecule has 1 aromatic rings. The van der Waals surface area contributed by atoms with Crippen LogP contribution in [0.1, 0.15) is 33.3 Å². The molecule has 118 valence electrons. The van der Waals surface area contributed by atoms with Gasteiger partial charge >= 0.3 is 0 Å². The minimum atomic E-state index is -1.04. The molecule has 0 saturated carbocycles. The Balaban J connectivity index is 2.35. The Bertz CT molecular complexity index is 660. The van der Waals surface area contributed by atoms with Gasteiger partial charge in [0.05, 0.1) is 0 Å². The first-order chi connectivity index (χ1) is 10.1. The van der Waals surface area contributed by atoms with E-state index in [0.29, 0.717) is 5.69 Å². The fourth-order valence-corrected chi connectivity index (χ4v) is 2.19. The van der Waals surface area contributed by atoms with E-state index in [2.05, 4.69) is 15.6 Å². The molecule has 1 heterocycles. The van der Waals surface area contributed by atoms with Crippen LogP contribution >= 0.6 is 11.6 Å². The van der Waals surface area contributed by atoms with Gasteiger partial charge < -0.3 is 10.6 Å². The number of carbonyl (C=O) groups excluding carboxylic acids is 1. The standard InChI is InChI=1S/C16H21ClN4O/c1-10-9-19-14(17)21-16(10,18)11-6-5-7-12(8-11)20-13(22)15(2,3)4/h5-9H,18H2,1-4H3,(H,19,21)(H,20,22). The van der Waals surface area contributed by atoms with Gasteiger partial charge in [0.2, 0.25) is 5.91 Å². The minimum absolute atomic E-state index is 0.0603. The average molecular weight is 321 g/mol. The van der Waals surface area contributed by atoms with E-state index < -0.39 is 11.1 Å². The molecule has 1 amide bonds. The summed E-state index contributed by atoms with van der Waals surface area (Å²) in [6.45, 7) is 7.46. The van der Waals surface area contributed by atoms with Crippen molar-refractivity contribution in [1.82, 2.24) is 5.32 Å². The first kappa shape index (κ1) is 16.5. The largest absolute Gasteiger partial charge is 0.337 e. The topological polar surface area (TPSA) is 79.5 Å². The summed E-state index contributed by atoms with van der Waals surface area (Å²) in [5.41, 5.74) is 7.17. The van der Waals surface area contributed by atoms with Crippen LogP contribution in [0.15, 0.2) is 41.0 Å². The lowest BCUT2D eigenvalue weighted by Gasteiger charge is -2.30. The van der Waals surface area contributed by atoms with Gasteiger partial charge in [0.15, 0.2) is 11.0 Å². The second-order valence-electron chi connectivity index (χ2n) is 6.43. The third-order valence-corrected chi connectivity index (χ3v) is 3.72. The van der Waals surface area contributed by atoms with Crippen molar-refractivity contribution in [3.8, 4) is 0 Å². The lowest BCUT2D eigenvalue weighted by molar-refractivity contribution is -0.123. The van der Waals surface area contributed by atoms with Crippen molar-refractivity contribution in [2.45, 2.75) is 33.4 Å². The van der Waals surface area contributed by atoms with Crippen molar-refractivity contribution in [1.29, 1.82) is 0 Å². The molecule has 4 N–H and O–H groups in total. The number of nitrogens with zero attached hydrogens (tertiary/aromatic N) is 1. The average Bonchev–Trinajstić information content (AvgIpc) is 2.42. The van der Waals surface area contributed by atoms with E-state index >= 15 is 0 Å². The molecule has 0 aromatic heterocycles. The van der Waals surface area contributed by atoms with Crippen molar-refractivity contribution < 1.29 is 4.79 Å². The number of nitrogens with two attached hydrogens (primary N) is 1. The van der Waals surface area contributed by atoms with Crippen LogP contribution in [0, 0.1) is 5.41 Å². The summed E-state index contributed by atoms with van der Waals surface area (Å²) < 4.78 is 0. The Labute approximate surface area is 135 Å². The van der Waals surface area contributed by atoms with Crippen LogP contribution in [0.4, 0.5) is 5.69 Å². The quantitative estimate of drug-likeness (QED) is 0.733. The van der Waals surface area contributed by atoms with Gasteiger partial charge in [-0.2, -0.15) is 0 Å². The number of anilines is 1. The molecule has 0 radical (unpaired) electrons. The van der Waals surface area contributed by atoms with Gasteiger partial charge in [-0.05, 0) is 36.2 Å². The summed E-state index contributed by atoms with van der Waals surface area (Å²) in [6, 6.07) is 7.34. The van der Waals surface area contributed by atoms with E-state index in [1.54, 1.807) is 6.20 Å². The predicted octanol–water partition coefficient (Wildman–Crippen LogP) is 2.88. The van der Waals surface area contributed by atoms with Crippen molar-refractivity contribution in [3.05, 3.63) is 41.6 Å². The monoisotopic (exact) mass is 320 g/mol. The molecule has 22 heavy (non-hydrogen) atoms. The van der Waals surface area contributed by atoms with Crippen LogP contribution in [-0.2, 0) is 10.5 Å². The van der Waals surface area contributed by atoms with E-state index in [9.17, 15) is 4.79 Å². The third kappa shape index (κ3) is 3.31. The normalized spacial score (nSPS) is 21.5. The molecule has 0 bridgehead atoms. The molecule has 0 aliphatic carbocycles. The number of aliphatic imine (C=N–C) groups is 1. The highest BCUT2D eigenvalue weighted by atomic mass is 35.5. The highest BCUT2D eigenvalue weighted by Gasteiger charge is 2.32. The fourth-order valence-electron chi connectivity index (χ4n) is 2.00. The lowest BCUT2D eigenvalue weighted by atomic mass is 9.92. The molecule has 6 heteroatoms. The second kappa shape index (κ2) is 5.74. The number of halogens is 1. The molecule has 1 aliphatic rings. The molecule has 0 saturated heterocycles. The summed E-state index contributed by atoms with van der Waals surface area (Å²) in [5.74, 6) is -0.0603. The molecule has 1 atom stereocenters. The fraction of sp³-hybridized carbons (Fsp3) is 0.375. The molecular formula is C16H21ClN4O. The van der Waals surface area contributed by atoms with Crippen LogP contribution in [0.3, 0.4) is 0 Å². The zero-order valence-electron chi connectivity index (χ0n) is 13.2. The first-order valence-corrected chi connectivity index (χ1v) is 7.41. The Kier molecular flexibility index (Phi) is 4.31. The number of rotatable bonds is 2. The molecule has 2 rings (SSSR count). The molecule has 1 unspecified atom stereocenters. The highest BCUT2D eigenvalue weighted by Crippen LogP contribution is 2.32. The Morgan fingerprint density at radius 1 is 1.41 bits per heavy atom. The van der Waals surface area contributed by atoms with Gasteiger partial charge in [0.1, 0.15) is 0 Å². The molecule has 0 fully saturated rings. The summed E-state index contributed by atoms with van der Waals surface area (Å²) in [5, 5.41) is 5.95. The van der Waals surface area contributed by atoms with E-state index in [1.807, 2.05) is 52.0 Å². The number of carbonyl (C=O) groups is 1. The molecule has 1 aromatic carbocycles. The van der Waals surface area contributed by atoms with Crippen molar-refractivity contribution in [2.75, 3.05) is 5.32 Å². The number of hydrogen-bond acceptors (Lipinski definition) is 4. The number of hydrogen-bond donors (Lipinski definition) is 3. The summed E-state index contributed by atoms with van der Waals surface area (Å²) in [6.07, 6.45) is 1.73. The van der Waals surface area contributed by atoms with Gasteiger partial charge in [-0.25, -0.2) is 4.99 Å². The maximum atomic E-state index is 12.1. The van der Waals surface area contributed by atoms with Gasteiger partial charge in [0.25, 0.3) is 0 Å². The SMILES string of the molecule is CC1=CNC(Cl)=NC1(N)c1cccc(NC(=O)C(C)(C)C)c1. The van der Waals surface area contributed by atoms with Crippen LogP contribution < -0.4 is 16.4 Å². The van der Waals surface area contributed by atoms with Crippen molar-refractivity contribution >= 4 is 28.5 Å². The number of nitrogens with one attached hydrogen (secondary N) is 2. The van der Waals surface area contributed by atoms with Crippen LogP contribution in [-0.4, -0.2) is 11.2 Å². The Hall–Kier alpha value is -1.85. The summed E-state index contributed by atoms with van der Waals surface area (Å²) >= 11 is 5.94. The van der Waals surface area contributed by atoms with Crippen LogP contribution in [0.25, 0.3) is 0 Å². The smallest absolute Gasteiger partial charge is 0.229 e. The van der Waals surface area contributed by atoms with Gasteiger partial charge in [-0.1, -0.05) is 32.9 Å². The van der Waals surface area contributed by atoms with Crippen LogP contribution in [0.5, 0.6) is 0 Å².